The fourth-order valence-corrected chi connectivity index (χ4v) is 1.99. The summed E-state index contributed by atoms with van der Waals surface area (Å²) in [4.78, 5) is 11.6. The molecule has 1 aromatic rings. The molecule has 1 aromatic carbocycles. The van der Waals surface area contributed by atoms with Gasteiger partial charge in [-0.15, -0.1) is 0 Å². The smallest absolute Gasteiger partial charge is 0.251 e. The highest BCUT2D eigenvalue weighted by Gasteiger charge is 2.29. The Morgan fingerprint density at radius 1 is 1.37 bits per heavy atom. The molecule has 0 aliphatic heterocycles. The van der Waals surface area contributed by atoms with Crippen molar-refractivity contribution in [3.05, 3.63) is 34.1 Å². The van der Waals surface area contributed by atoms with Crippen LogP contribution >= 0.6 is 15.9 Å². The van der Waals surface area contributed by atoms with E-state index in [9.17, 15) is 14.3 Å². The van der Waals surface area contributed by atoms with Gasteiger partial charge in [-0.25, -0.2) is 4.39 Å². The van der Waals surface area contributed by atoms with Gasteiger partial charge in [0.05, 0.1) is 0 Å². The Bertz CT molecular complexity index is 481. The molecule has 1 amide bonds. The summed E-state index contributed by atoms with van der Waals surface area (Å²) in [7, 11) is 0. The minimum atomic E-state index is -1.44. The van der Waals surface area contributed by atoms with Crippen molar-refractivity contribution in [3.8, 4) is 0 Å². The molecule has 0 aliphatic carbocycles. The number of nitrogens with one attached hydrogen (secondary N) is 1. The van der Waals surface area contributed by atoms with Gasteiger partial charge in [0.15, 0.2) is 0 Å². The molecule has 0 bridgehead atoms. The number of carbonyl (C=O) groups is 1. The summed E-state index contributed by atoms with van der Waals surface area (Å²) in [5.41, 5.74) is -1.50. The number of halogens is 2. The second kappa shape index (κ2) is 5.59. The molecule has 1 rings (SSSR count). The number of hydrogen-bond acceptors (Lipinski definition) is 2. The van der Waals surface area contributed by atoms with Crippen molar-refractivity contribution in [3.63, 3.8) is 0 Å². The number of amides is 1. The van der Waals surface area contributed by atoms with E-state index >= 15 is 0 Å². The van der Waals surface area contributed by atoms with Gasteiger partial charge in [-0.3, -0.25) is 4.79 Å². The Hall–Kier alpha value is -0.940. The van der Waals surface area contributed by atoms with E-state index in [0.29, 0.717) is 5.56 Å². The van der Waals surface area contributed by atoms with E-state index in [2.05, 4.69) is 21.2 Å². The quantitative estimate of drug-likeness (QED) is 0.891. The van der Waals surface area contributed by atoms with Gasteiger partial charge in [0.1, 0.15) is 11.4 Å². The predicted octanol–water partition coefficient (Wildman–Crippen LogP) is 2.75. The Morgan fingerprint density at radius 3 is 2.47 bits per heavy atom. The maximum absolute atomic E-state index is 13.8. The molecule has 19 heavy (non-hydrogen) atoms. The molecule has 0 unspecified atom stereocenters. The van der Waals surface area contributed by atoms with Crippen molar-refractivity contribution >= 4 is 21.8 Å². The van der Waals surface area contributed by atoms with Crippen molar-refractivity contribution < 1.29 is 14.3 Å². The first-order valence-electron chi connectivity index (χ1n) is 6.00. The average Bonchev–Trinajstić information content (AvgIpc) is 2.28. The first-order valence-corrected chi connectivity index (χ1v) is 6.79. The standard InChI is InChI=1S/C14H19BrFNO2/c1-13(2,8-17-12(18)14(3,4)19)10-7-9(15)5-6-11(10)16/h5-7,19H,8H2,1-4H3,(H,17,18). The van der Waals surface area contributed by atoms with Crippen molar-refractivity contribution in [1.82, 2.24) is 5.32 Å². The van der Waals surface area contributed by atoms with Gasteiger partial charge >= 0.3 is 0 Å². The van der Waals surface area contributed by atoms with E-state index in [4.69, 9.17) is 0 Å². The third kappa shape index (κ3) is 4.28. The first-order chi connectivity index (χ1) is 8.54. The van der Waals surface area contributed by atoms with Crippen LogP contribution in [0.2, 0.25) is 0 Å². The molecule has 0 aliphatic rings. The minimum absolute atomic E-state index is 0.239. The third-order valence-electron chi connectivity index (χ3n) is 2.90. The summed E-state index contributed by atoms with van der Waals surface area (Å²) < 4.78 is 14.6. The normalized spacial score (nSPS) is 12.4. The van der Waals surface area contributed by atoms with E-state index < -0.39 is 16.9 Å². The fraction of sp³-hybridized carbons (Fsp3) is 0.500. The molecule has 106 valence electrons. The topological polar surface area (TPSA) is 49.3 Å². The molecule has 0 atom stereocenters. The van der Waals surface area contributed by atoms with Gasteiger partial charge in [0.25, 0.3) is 5.91 Å². The number of hydrogen-bond donors (Lipinski definition) is 2. The number of aliphatic hydroxyl groups is 1. The molecule has 0 aromatic heterocycles. The Balaban J connectivity index is 2.87. The Labute approximate surface area is 121 Å². The molecular formula is C14H19BrFNO2. The molecular weight excluding hydrogens is 313 g/mol. The second-order valence-corrected chi connectivity index (χ2v) is 6.67. The molecule has 0 spiro atoms. The first kappa shape index (κ1) is 16.1. The molecule has 5 heteroatoms. The lowest BCUT2D eigenvalue weighted by atomic mass is 9.84. The van der Waals surface area contributed by atoms with Gasteiger partial charge in [0, 0.05) is 16.4 Å². The molecule has 0 saturated carbocycles. The zero-order valence-corrected chi connectivity index (χ0v) is 13.1. The van der Waals surface area contributed by atoms with E-state index in [1.807, 2.05) is 13.8 Å². The van der Waals surface area contributed by atoms with Crippen LogP contribution in [0.1, 0.15) is 33.3 Å². The van der Waals surface area contributed by atoms with Crippen LogP contribution in [0.3, 0.4) is 0 Å². The van der Waals surface area contributed by atoms with Crippen LogP contribution in [0.15, 0.2) is 22.7 Å². The van der Waals surface area contributed by atoms with Gasteiger partial charge in [-0.1, -0.05) is 29.8 Å². The molecule has 0 fully saturated rings. The fourth-order valence-electron chi connectivity index (χ4n) is 1.63. The van der Waals surface area contributed by atoms with Gasteiger partial charge in [-0.05, 0) is 37.6 Å². The summed E-state index contributed by atoms with van der Waals surface area (Å²) in [6.45, 7) is 6.73. The highest BCUT2D eigenvalue weighted by molar-refractivity contribution is 9.10. The van der Waals surface area contributed by atoms with E-state index in [1.54, 1.807) is 12.1 Å². The molecule has 3 nitrogen and oxygen atoms in total. The highest BCUT2D eigenvalue weighted by atomic mass is 79.9. The van der Waals surface area contributed by atoms with Crippen LogP contribution in [0.25, 0.3) is 0 Å². The van der Waals surface area contributed by atoms with Crippen LogP contribution in [-0.2, 0) is 10.2 Å². The lowest BCUT2D eigenvalue weighted by Gasteiger charge is -2.28. The van der Waals surface area contributed by atoms with E-state index in [1.165, 1.54) is 19.9 Å². The summed E-state index contributed by atoms with van der Waals surface area (Å²) in [5.74, 6) is -0.790. The maximum Gasteiger partial charge on any atom is 0.251 e. The number of carbonyl (C=O) groups excluding carboxylic acids is 1. The van der Waals surface area contributed by atoms with Gasteiger partial charge in [-0.2, -0.15) is 0 Å². The minimum Gasteiger partial charge on any atom is -0.381 e. The zero-order chi connectivity index (χ0) is 14.8. The van der Waals surface area contributed by atoms with Crippen LogP contribution in [0.5, 0.6) is 0 Å². The second-order valence-electron chi connectivity index (χ2n) is 5.75. The van der Waals surface area contributed by atoms with Crippen LogP contribution in [0.4, 0.5) is 4.39 Å². The van der Waals surface area contributed by atoms with Crippen molar-refractivity contribution in [1.29, 1.82) is 0 Å². The van der Waals surface area contributed by atoms with Crippen LogP contribution in [-0.4, -0.2) is 23.2 Å². The summed E-state index contributed by atoms with van der Waals surface area (Å²) in [6.07, 6.45) is 0. The summed E-state index contributed by atoms with van der Waals surface area (Å²) >= 11 is 3.31. The summed E-state index contributed by atoms with van der Waals surface area (Å²) in [5, 5.41) is 12.2. The van der Waals surface area contributed by atoms with E-state index in [-0.39, 0.29) is 12.4 Å². The molecule has 0 radical (unpaired) electrons. The SMILES string of the molecule is CC(C)(O)C(=O)NCC(C)(C)c1cc(Br)ccc1F. The molecule has 0 saturated heterocycles. The number of rotatable bonds is 4. The lowest BCUT2D eigenvalue weighted by molar-refractivity contribution is -0.136. The van der Waals surface area contributed by atoms with Crippen molar-refractivity contribution in [2.45, 2.75) is 38.7 Å². The Kier molecular flexibility index (Phi) is 4.74. The molecule has 0 heterocycles. The number of benzene rings is 1. The van der Waals surface area contributed by atoms with Gasteiger partial charge < -0.3 is 10.4 Å². The molecule has 2 N–H and O–H groups in total. The third-order valence-corrected chi connectivity index (χ3v) is 3.40. The average molecular weight is 332 g/mol. The van der Waals surface area contributed by atoms with Crippen LogP contribution in [0, 0.1) is 5.82 Å². The largest absolute Gasteiger partial charge is 0.381 e. The maximum atomic E-state index is 13.8. The Morgan fingerprint density at radius 2 is 1.95 bits per heavy atom. The predicted molar refractivity (Wildman–Crippen MR) is 76.4 cm³/mol. The summed E-state index contributed by atoms with van der Waals surface area (Å²) in [6, 6.07) is 4.72. The van der Waals surface area contributed by atoms with Crippen LogP contribution < -0.4 is 5.32 Å². The monoisotopic (exact) mass is 331 g/mol. The lowest BCUT2D eigenvalue weighted by Crippen LogP contribution is -2.46. The van der Waals surface area contributed by atoms with E-state index in [0.717, 1.165) is 4.47 Å². The van der Waals surface area contributed by atoms with Crippen molar-refractivity contribution in [2.24, 2.45) is 0 Å². The zero-order valence-electron chi connectivity index (χ0n) is 11.6. The van der Waals surface area contributed by atoms with Gasteiger partial charge in [0.2, 0.25) is 0 Å². The van der Waals surface area contributed by atoms with Crippen molar-refractivity contribution in [2.75, 3.05) is 6.54 Å². The highest BCUT2D eigenvalue weighted by Crippen LogP contribution is 2.28.